The minimum absolute atomic E-state index is 0. The zero-order chi connectivity index (χ0) is 11.9. The minimum atomic E-state index is -0.334. The van der Waals surface area contributed by atoms with Gasteiger partial charge in [0.25, 0.3) is 0 Å². The van der Waals surface area contributed by atoms with Gasteiger partial charge in [0.05, 0.1) is 0 Å². The number of aliphatic imine (C=N–C) groups is 1. The van der Waals surface area contributed by atoms with E-state index in [0.29, 0.717) is 17.0 Å². The van der Waals surface area contributed by atoms with Crippen molar-refractivity contribution in [3.63, 3.8) is 0 Å². The van der Waals surface area contributed by atoms with Crippen LogP contribution in [0.5, 0.6) is 0 Å². The minimum Gasteiger partial charge on any atom is -0.662 e. The Morgan fingerprint density at radius 3 is 2.94 bits per heavy atom. The van der Waals surface area contributed by atoms with Crippen LogP contribution in [-0.4, -0.2) is 42.9 Å². The molecule has 0 aromatic heterocycles. The standard InChI is InChI=1S/C12H16N3O2.Y/c1-9-14-10(11(16)17-9)6-15-5-3-12(8-15)2-4-13-7-12;/h6H,2-5,7-8H2,1H3;/q-1;+3/b10-6-;. The molecule has 0 aromatic rings. The molecule has 0 saturated carbocycles. The molecular weight excluding hydrogens is 307 g/mol. The SMILES string of the molecule is CC1=N/C(=C\N2CCC3(CC[N-]C3)C2)C(=O)O1.[Y+3]. The second-order valence-electron chi connectivity index (χ2n) is 5.11. The van der Waals surface area contributed by atoms with Crippen LogP contribution in [-0.2, 0) is 42.2 Å². The summed E-state index contributed by atoms with van der Waals surface area (Å²) >= 11 is 0. The number of cyclic esters (lactones) is 1. The van der Waals surface area contributed by atoms with E-state index in [4.69, 9.17) is 4.74 Å². The number of esters is 1. The third kappa shape index (κ3) is 2.68. The second-order valence-corrected chi connectivity index (χ2v) is 5.11. The Morgan fingerprint density at radius 1 is 1.50 bits per heavy atom. The summed E-state index contributed by atoms with van der Waals surface area (Å²) in [6.07, 6.45) is 4.18. The Labute approximate surface area is 132 Å². The molecule has 1 unspecified atom stereocenters. The van der Waals surface area contributed by atoms with Gasteiger partial charge < -0.3 is 15.0 Å². The average Bonchev–Trinajstić information content (AvgIpc) is 2.95. The Bertz CT molecular complexity index is 414. The van der Waals surface area contributed by atoms with Crippen LogP contribution in [0, 0.1) is 5.41 Å². The predicted molar refractivity (Wildman–Crippen MR) is 63.6 cm³/mol. The number of rotatable bonds is 1. The number of nitrogens with zero attached hydrogens (tertiary/aromatic N) is 3. The smallest absolute Gasteiger partial charge is 0.662 e. The normalized spacial score (nSPS) is 32.9. The zero-order valence-corrected chi connectivity index (χ0v) is 13.4. The van der Waals surface area contributed by atoms with E-state index in [1.54, 1.807) is 6.92 Å². The molecule has 0 aliphatic carbocycles. The van der Waals surface area contributed by atoms with E-state index in [9.17, 15) is 4.79 Å². The summed E-state index contributed by atoms with van der Waals surface area (Å²) in [6, 6.07) is 0. The van der Waals surface area contributed by atoms with Gasteiger partial charge in [-0.05, 0) is 11.8 Å². The van der Waals surface area contributed by atoms with Crippen molar-refractivity contribution in [1.82, 2.24) is 4.90 Å². The monoisotopic (exact) mass is 323 g/mol. The van der Waals surface area contributed by atoms with Gasteiger partial charge in [-0.3, -0.25) is 0 Å². The van der Waals surface area contributed by atoms with E-state index < -0.39 is 0 Å². The molecule has 92 valence electrons. The molecule has 6 heteroatoms. The van der Waals surface area contributed by atoms with Gasteiger partial charge in [-0.2, -0.15) is 0 Å². The fourth-order valence-corrected chi connectivity index (χ4v) is 2.80. The summed E-state index contributed by atoms with van der Waals surface area (Å²) < 4.78 is 4.90. The van der Waals surface area contributed by atoms with Gasteiger partial charge in [-0.15, -0.1) is 13.1 Å². The molecule has 5 nitrogen and oxygen atoms in total. The second kappa shape index (κ2) is 5.39. The van der Waals surface area contributed by atoms with Crippen LogP contribution in [0.3, 0.4) is 0 Å². The molecule has 1 spiro atoms. The molecule has 3 rings (SSSR count). The van der Waals surface area contributed by atoms with E-state index in [1.807, 2.05) is 6.20 Å². The van der Waals surface area contributed by atoms with Crippen molar-refractivity contribution in [2.75, 3.05) is 26.2 Å². The quantitative estimate of drug-likeness (QED) is 0.539. The maximum absolute atomic E-state index is 11.4. The van der Waals surface area contributed by atoms with E-state index in [-0.39, 0.29) is 38.7 Å². The molecule has 2 fully saturated rings. The Hall–Kier alpha value is -0.256. The maximum atomic E-state index is 11.4. The van der Waals surface area contributed by atoms with E-state index in [1.165, 1.54) is 6.42 Å². The predicted octanol–water partition coefficient (Wildman–Crippen LogP) is 1.27. The molecule has 18 heavy (non-hydrogen) atoms. The number of hydrogen-bond donors (Lipinski definition) is 0. The van der Waals surface area contributed by atoms with Gasteiger partial charge in [0, 0.05) is 26.2 Å². The van der Waals surface area contributed by atoms with Crippen LogP contribution < -0.4 is 0 Å². The van der Waals surface area contributed by atoms with Crippen LogP contribution in [0.1, 0.15) is 19.8 Å². The number of likely N-dealkylation sites (tertiary alicyclic amines) is 1. The third-order valence-electron chi connectivity index (χ3n) is 3.75. The van der Waals surface area contributed by atoms with Crippen molar-refractivity contribution in [3.8, 4) is 0 Å². The van der Waals surface area contributed by atoms with Crippen LogP contribution >= 0.6 is 0 Å². The van der Waals surface area contributed by atoms with Crippen LogP contribution in [0.25, 0.3) is 5.32 Å². The fraction of sp³-hybridized carbons (Fsp3) is 0.667. The summed E-state index contributed by atoms with van der Waals surface area (Å²) in [6.45, 7) is 5.63. The first-order valence-corrected chi connectivity index (χ1v) is 6.04. The molecule has 0 amide bonds. The van der Waals surface area contributed by atoms with Gasteiger partial charge in [0.2, 0.25) is 0 Å². The summed E-state index contributed by atoms with van der Waals surface area (Å²) in [5, 5.41) is 4.45. The van der Waals surface area contributed by atoms with E-state index in [2.05, 4.69) is 15.2 Å². The molecule has 0 N–H and O–H groups in total. The Balaban J connectivity index is 0.00000120. The summed E-state index contributed by atoms with van der Waals surface area (Å²) in [7, 11) is 0. The van der Waals surface area contributed by atoms with Gasteiger partial charge in [-0.25, -0.2) is 9.79 Å². The van der Waals surface area contributed by atoms with Crippen molar-refractivity contribution in [2.24, 2.45) is 10.4 Å². The molecule has 0 bridgehead atoms. The molecular formula is C12H16N3O2Y+2. The van der Waals surface area contributed by atoms with Crippen molar-refractivity contribution < 1.29 is 42.2 Å². The van der Waals surface area contributed by atoms with Crippen LogP contribution in [0.4, 0.5) is 0 Å². The van der Waals surface area contributed by atoms with Crippen molar-refractivity contribution in [2.45, 2.75) is 19.8 Å². The molecule has 3 aliphatic heterocycles. The molecule has 1 atom stereocenters. The summed E-state index contributed by atoms with van der Waals surface area (Å²) in [5.41, 5.74) is 0.785. The van der Waals surface area contributed by atoms with Gasteiger partial charge >= 0.3 is 38.7 Å². The number of ether oxygens (including phenoxy) is 1. The first-order chi connectivity index (χ1) is 8.17. The Kier molecular flexibility index (Phi) is 4.24. The molecule has 0 radical (unpaired) electrons. The molecule has 3 aliphatic rings. The van der Waals surface area contributed by atoms with Crippen molar-refractivity contribution >= 4 is 11.9 Å². The van der Waals surface area contributed by atoms with Crippen molar-refractivity contribution in [1.29, 1.82) is 0 Å². The molecule has 3 heterocycles. The number of hydrogen-bond acceptors (Lipinski definition) is 4. The molecule has 2 saturated heterocycles. The summed E-state index contributed by atoms with van der Waals surface area (Å²) in [4.78, 5) is 17.7. The van der Waals surface area contributed by atoms with Crippen LogP contribution in [0.2, 0.25) is 0 Å². The fourth-order valence-electron chi connectivity index (χ4n) is 2.80. The first-order valence-electron chi connectivity index (χ1n) is 6.04. The first kappa shape index (κ1) is 14.2. The number of carbonyl (C=O) groups excluding carboxylic acids is 1. The largest absolute Gasteiger partial charge is 3.00 e. The van der Waals surface area contributed by atoms with E-state index >= 15 is 0 Å². The van der Waals surface area contributed by atoms with Gasteiger partial charge in [0.1, 0.15) is 0 Å². The molecule has 0 aromatic carbocycles. The average molecular weight is 323 g/mol. The van der Waals surface area contributed by atoms with Crippen molar-refractivity contribution in [3.05, 3.63) is 17.2 Å². The summed E-state index contributed by atoms with van der Waals surface area (Å²) in [5.74, 6) is 0.102. The topological polar surface area (TPSA) is 56.0 Å². The van der Waals surface area contributed by atoms with Crippen LogP contribution in [0.15, 0.2) is 16.9 Å². The van der Waals surface area contributed by atoms with E-state index in [0.717, 1.165) is 32.6 Å². The van der Waals surface area contributed by atoms with Gasteiger partial charge in [-0.1, -0.05) is 6.42 Å². The maximum Gasteiger partial charge on any atom is 3.00 e. The third-order valence-corrected chi connectivity index (χ3v) is 3.75. The number of carbonyl (C=O) groups is 1. The Morgan fingerprint density at radius 2 is 2.33 bits per heavy atom. The van der Waals surface area contributed by atoms with Gasteiger partial charge in [0.15, 0.2) is 11.6 Å². The zero-order valence-electron chi connectivity index (χ0n) is 10.6.